The van der Waals surface area contributed by atoms with E-state index in [4.69, 9.17) is 10.5 Å². The second-order valence-electron chi connectivity index (χ2n) is 5.88. The number of rotatable bonds is 3. The van der Waals surface area contributed by atoms with E-state index in [-0.39, 0.29) is 23.5 Å². The topological polar surface area (TPSA) is 64.3 Å². The summed E-state index contributed by atoms with van der Waals surface area (Å²) in [5, 5.41) is 3.07. The predicted octanol–water partition coefficient (Wildman–Crippen LogP) is 2.12. The maximum atomic E-state index is 12.2. The van der Waals surface area contributed by atoms with Gasteiger partial charge < -0.3 is 15.8 Å². The van der Waals surface area contributed by atoms with Gasteiger partial charge in [-0.15, -0.1) is 0 Å². The molecule has 1 aromatic carbocycles. The first-order valence-electron chi connectivity index (χ1n) is 6.56. The normalized spacial score (nSPS) is 24.6. The lowest BCUT2D eigenvalue weighted by molar-refractivity contribution is -0.0942. The summed E-state index contributed by atoms with van der Waals surface area (Å²) in [4.78, 5) is 12.2. The molecule has 3 N–H and O–H groups in total. The summed E-state index contributed by atoms with van der Waals surface area (Å²) in [6.45, 7) is 6.13. The van der Waals surface area contributed by atoms with Crippen LogP contribution in [0.15, 0.2) is 18.2 Å². The number of hydrogen-bond acceptors (Lipinski definition) is 3. The molecule has 0 saturated heterocycles. The van der Waals surface area contributed by atoms with Crippen LogP contribution in [0.5, 0.6) is 0 Å². The van der Waals surface area contributed by atoms with E-state index in [2.05, 4.69) is 19.2 Å². The summed E-state index contributed by atoms with van der Waals surface area (Å²) in [7, 11) is 1.72. The van der Waals surface area contributed by atoms with E-state index in [9.17, 15) is 4.79 Å². The monoisotopic (exact) mass is 262 g/mol. The number of aryl methyl sites for hydroxylation is 1. The van der Waals surface area contributed by atoms with Gasteiger partial charge in [0.25, 0.3) is 5.91 Å². The third kappa shape index (κ3) is 2.45. The van der Waals surface area contributed by atoms with Gasteiger partial charge in [-0.2, -0.15) is 0 Å². The zero-order valence-corrected chi connectivity index (χ0v) is 12.0. The fourth-order valence-electron chi connectivity index (χ4n) is 2.59. The van der Waals surface area contributed by atoms with Gasteiger partial charge in [0.1, 0.15) is 0 Å². The van der Waals surface area contributed by atoms with Crippen LogP contribution >= 0.6 is 0 Å². The largest absolute Gasteiger partial charge is 0.399 e. The minimum absolute atomic E-state index is 0.0206. The Hall–Kier alpha value is -1.55. The molecule has 4 heteroatoms. The number of anilines is 1. The molecule has 2 unspecified atom stereocenters. The average molecular weight is 262 g/mol. The second-order valence-corrected chi connectivity index (χ2v) is 5.88. The van der Waals surface area contributed by atoms with Crippen LogP contribution in [0.3, 0.4) is 0 Å². The Morgan fingerprint density at radius 1 is 1.47 bits per heavy atom. The third-order valence-electron chi connectivity index (χ3n) is 4.30. The van der Waals surface area contributed by atoms with Crippen LogP contribution in [0.25, 0.3) is 0 Å². The number of carbonyl (C=O) groups excluding carboxylic acids is 1. The fraction of sp³-hybridized carbons (Fsp3) is 0.533. The molecule has 0 aromatic heterocycles. The summed E-state index contributed by atoms with van der Waals surface area (Å²) >= 11 is 0. The van der Waals surface area contributed by atoms with Crippen molar-refractivity contribution >= 4 is 11.6 Å². The molecule has 1 amide bonds. The molecular weight excluding hydrogens is 240 g/mol. The van der Waals surface area contributed by atoms with Crippen LogP contribution < -0.4 is 11.1 Å². The standard InChI is InChI=1S/C15H22N2O2/c1-9-7-10(5-6-11(9)16)14(18)17-12-8-13(19-4)15(12,2)3/h5-7,12-13H,8,16H2,1-4H3,(H,17,18). The van der Waals surface area contributed by atoms with E-state index in [0.717, 1.165) is 12.0 Å². The molecule has 0 spiro atoms. The Balaban J connectivity index is 2.04. The lowest BCUT2D eigenvalue weighted by Crippen LogP contribution is -2.61. The number of methoxy groups -OCH3 is 1. The maximum Gasteiger partial charge on any atom is 0.251 e. The molecule has 1 aliphatic carbocycles. The number of nitrogens with one attached hydrogen (secondary N) is 1. The van der Waals surface area contributed by atoms with Gasteiger partial charge in [0.15, 0.2) is 0 Å². The van der Waals surface area contributed by atoms with Gasteiger partial charge in [0, 0.05) is 29.8 Å². The zero-order valence-electron chi connectivity index (χ0n) is 12.0. The van der Waals surface area contributed by atoms with Crippen LogP contribution in [0, 0.1) is 12.3 Å². The summed E-state index contributed by atoms with van der Waals surface area (Å²) in [5.74, 6) is -0.0456. The molecule has 0 bridgehead atoms. The van der Waals surface area contributed by atoms with E-state index in [1.54, 1.807) is 19.2 Å². The van der Waals surface area contributed by atoms with E-state index >= 15 is 0 Å². The third-order valence-corrected chi connectivity index (χ3v) is 4.30. The first kappa shape index (κ1) is 13.9. The summed E-state index contributed by atoms with van der Waals surface area (Å²) in [6.07, 6.45) is 1.08. The lowest BCUT2D eigenvalue weighted by Gasteiger charge is -2.51. The molecule has 2 rings (SSSR count). The van der Waals surface area contributed by atoms with Crippen molar-refractivity contribution in [3.05, 3.63) is 29.3 Å². The number of nitrogen functional groups attached to an aromatic ring is 1. The van der Waals surface area contributed by atoms with Crippen LogP contribution in [-0.2, 0) is 4.74 Å². The number of ether oxygens (including phenoxy) is 1. The van der Waals surface area contributed by atoms with Crippen molar-refractivity contribution in [3.63, 3.8) is 0 Å². The molecule has 0 aliphatic heterocycles. The molecule has 2 atom stereocenters. The van der Waals surface area contributed by atoms with Crippen molar-refractivity contribution in [1.29, 1.82) is 0 Å². The van der Waals surface area contributed by atoms with E-state index in [1.165, 1.54) is 0 Å². The molecule has 19 heavy (non-hydrogen) atoms. The maximum absolute atomic E-state index is 12.2. The van der Waals surface area contributed by atoms with E-state index < -0.39 is 0 Å². The minimum Gasteiger partial charge on any atom is -0.399 e. The molecule has 1 aromatic rings. The number of carbonyl (C=O) groups is 1. The second kappa shape index (κ2) is 4.85. The summed E-state index contributed by atoms with van der Waals surface area (Å²) < 4.78 is 5.39. The molecule has 1 saturated carbocycles. The molecule has 1 aliphatic rings. The Morgan fingerprint density at radius 3 is 2.68 bits per heavy atom. The first-order valence-corrected chi connectivity index (χ1v) is 6.56. The van der Waals surface area contributed by atoms with Crippen molar-refractivity contribution in [2.24, 2.45) is 5.41 Å². The Morgan fingerprint density at radius 2 is 2.16 bits per heavy atom. The summed E-state index contributed by atoms with van der Waals surface area (Å²) in [6, 6.07) is 5.51. The fourth-order valence-corrected chi connectivity index (χ4v) is 2.59. The van der Waals surface area contributed by atoms with E-state index in [0.29, 0.717) is 11.3 Å². The first-order chi connectivity index (χ1) is 8.86. The van der Waals surface area contributed by atoms with Gasteiger partial charge in [-0.05, 0) is 37.1 Å². The number of nitrogens with two attached hydrogens (primary N) is 1. The number of benzene rings is 1. The van der Waals surface area contributed by atoms with E-state index in [1.807, 2.05) is 13.0 Å². The van der Waals surface area contributed by atoms with Crippen molar-refractivity contribution in [3.8, 4) is 0 Å². The van der Waals surface area contributed by atoms with Gasteiger partial charge in [-0.25, -0.2) is 0 Å². The zero-order chi connectivity index (χ0) is 14.2. The predicted molar refractivity (Wildman–Crippen MR) is 76.0 cm³/mol. The van der Waals surface area contributed by atoms with Gasteiger partial charge in [-0.1, -0.05) is 13.8 Å². The van der Waals surface area contributed by atoms with Crippen molar-refractivity contribution in [1.82, 2.24) is 5.32 Å². The van der Waals surface area contributed by atoms with Gasteiger partial charge >= 0.3 is 0 Å². The van der Waals surface area contributed by atoms with Crippen LogP contribution in [0.1, 0.15) is 36.2 Å². The van der Waals surface area contributed by atoms with Gasteiger partial charge in [-0.3, -0.25) is 4.79 Å². The van der Waals surface area contributed by atoms with Crippen molar-refractivity contribution < 1.29 is 9.53 Å². The Bertz CT molecular complexity index is 497. The SMILES string of the molecule is COC1CC(NC(=O)c2ccc(N)c(C)c2)C1(C)C. The van der Waals surface area contributed by atoms with Gasteiger partial charge in [0.2, 0.25) is 0 Å². The summed E-state index contributed by atoms with van der Waals surface area (Å²) in [5.41, 5.74) is 8.03. The molecule has 1 fully saturated rings. The Labute approximate surface area is 114 Å². The highest BCUT2D eigenvalue weighted by atomic mass is 16.5. The van der Waals surface area contributed by atoms with Crippen molar-refractivity contribution in [2.75, 3.05) is 12.8 Å². The Kier molecular flexibility index (Phi) is 3.54. The average Bonchev–Trinajstić information content (AvgIpc) is 2.36. The van der Waals surface area contributed by atoms with Crippen molar-refractivity contribution in [2.45, 2.75) is 39.3 Å². The minimum atomic E-state index is -0.0456. The quantitative estimate of drug-likeness (QED) is 0.820. The van der Waals surface area contributed by atoms with Gasteiger partial charge in [0.05, 0.1) is 6.10 Å². The van der Waals surface area contributed by atoms with Crippen LogP contribution in [-0.4, -0.2) is 25.2 Å². The molecule has 4 nitrogen and oxygen atoms in total. The smallest absolute Gasteiger partial charge is 0.251 e. The highest BCUT2D eigenvalue weighted by molar-refractivity contribution is 5.95. The van der Waals surface area contributed by atoms with Crippen LogP contribution in [0.4, 0.5) is 5.69 Å². The molecule has 104 valence electrons. The molecule has 0 heterocycles. The number of hydrogen-bond donors (Lipinski definition) is 2. The highest BCUT2D eigenvalue weighted by Gasteiger charge is 2.49. The number of amides is 1. The lowest BCUT2D eigenvalue weighted by atomic mass is 9.64. The molecular formula is C15H22N2O2. The van der Waals surface area contributed by atoms with Crippen LogP contribution in [0.2, 0.25) is 0 Å². The highest BCUT2D eigenvalue weighted by Crippen LogP contribution is 2.42. The molecule has 0 radical (unpaired) electrons.